The third-order valence-electron chi connectivity index (χ3n) is 3.74. The SMILES string of the molecule is O=C(c1ccc([N+](=O)[O-])cc1)N1OC12CCCCC2. The van der Waals surface area contributed by atoms with Crippen molar-refractivity contribution < 1.29 is 14.6 Å². The van der Waals surface area contributed by atoms with Gasteiger partial charge in [0.15, 0.2) is 5.72 Å². The predicted octanol–water partition coefficient (Wildman–Crippen LogP) is 2.64. The summed E-state index contributed by atoms with van der Waals surface area (Å²) in [6.45, 7) is 0. The normalized spacial score (nSPS) is 20.3. The van der Waals surface area contributed by atoms with Gasteiger partial charge in [-0.3, -0.25) is 14.9 Å². The number of rotatable bonds is 2. The van der Waals surface area contributed by atoms with Crippen molar-refractivity contribution >= 4 is 11.6 Å². The van der Waals surface area contributed by atoms with Crippen molar-refractivity contribution in [3.05, 3.63) is 39.9 Å². The van der Waals surface area contributed by atoms with E-state index in [1.165, 1.54) is 35.7 Å². The zero-order valence-electron chi connectivity index (χ0n) is 10.4. The van der Waals surface area contributed by atoms with Crippen molar-refractivity contribution in [3.8, 4) is 0 Å². The Kier molecular flexibility index (Phi) is 2.74. The van der Waals surface area contributed by atoms with E-state index in [0.29, 0.717) is 5.56 Å². The summed E-state index contributed by atoms with van der Waals surface area (Å²) < 4.78 is 0. The van der Waals surface area contributed by atoms with Crippen LogP contribution in [0, 0.1) is 10.1 Å². The van der Waals surface area contributed by atoms with Gasteiger partial charge < -0.3 is 0 Å². The molecule has 0 bridgehead atoms. The van der Waals surface area contributed by atoms with Gasteiger partial charge in [0.25, 0.3) is 11.6 Å². The Bertz CT molecular complexity index is 520. The number of nitrogens with zero attached hydrogens (tertiary/aromatic N) is 2. The molecule has 1 heterocycles. The van der Waals surface area contributed by atoms with Crippen LogP contribution in [-0.4, -0.2) is 21.6 Å². The molecule has 0 radical (unpaired) electrons. The second-order valence-corrected chi connectivity index (χ2v) is 5.00. The van der Waals surface area contributed by atoms with E-state index in [9.17, 15) is 14.9 Å². The second-order valence-electron chi connectivity index (χ2n) is 5.00. The van der Waals surface area contributed by atoms with Crippen molar-refractivity contribution in [2.24, 2.45) is 0 Å². The average molecular weight is 262 g/mol. The first-order valence-electron chi connectivity index (χ1n) is 6.41. The zero-order valence-corrected chi connectivity index (χ0v) is 10.4. The van der Waals surface area contributed by atoms with E-state index in [1.54, 1.807) is 0 Å². The minimum Gasteiger partial charge on any atom is -0.267 e. The molecule has 6 heteroatoms. The van der Waals surface area contributed by atoms with Crippen molar-refractivity contribution in [2.45, 2.75) is 37.8 Å². The Morgan fingerprint density at radius 1 is 1.21 bits per heavy atom. The van der Waals surface area contributed by atoms with E-state index in [2.05, 4.69) is 0 Å². The highest BCUT2D eigenvalue weighted by atomic mass is 16.9. The van der Waals surface area contributed by atoms with E-state index >= 15 is 0 Å². The lowest BCUT2D eigenvalue weighted by molar-refractivity contribution is -0.384. The maximum Gasteiger partial charge on any atom is 0.280 e. The zero-order chi connectivity index (χ0) is 13.5. The number of carbonyl (C=O) groups is 1. The Hall–Kier alpha value is -1.95. The lowest BCUT2D eigenvalue weighted by Gasteiger charge is -2.16. The summed E-state index contributed by atoms with van der Waals surface area (Å²) >= 11 is 0. The van der Waals surface area contributed by atoms with E-state index < -0.39 is 10.6 Å². The topological polar surface area (TPSA) is 75.7 Å². The van der Waals surface area contributed by atoms with Crippen molar-refractivity contribution in [3.63, 3.8) is 0 Å². The number of amides is 1. The average Bonchev–Trinajstić information content (AvgIpc) is 3.12. The van der Waals surface area contributed by atoms with Crippen LogP contribution in [0.25, 0.3) is 0 Å². The lowest BCUT2D eigenvalue weighted by atomic mass is 9.93. The molecular formula is C13H14N2O4. The molecule has 0 aromatic heterocycles. The molecule has 19 heavy (non-hydrogen) atoms. The fourth-order valence-corrected chi connectivity index (χ4v) is 2.62. The minimum atomic E-state index is -0.481. The third-order valence-corrected chi connectivity index (χ3v) is 3.74. The highest BCUT2D eigenvalue weighted by Gasteiger charge is 2.58. The molecule has 1 saturated carbocycles. The first kappa shape index (κ1) is 12.1. The number of carbonyl (C=O) groups excluding carboxylic acids is 1. The van der Waals surface area contributed by atoms with Crippen LogP contribution in [-0.2, 0) is 4.84 Å². The summed E-state index contributed by atoms with van der Waals surface area (Å²) in [7, 11) is 0. The van der Waals surface area contributed by atoms with Crippen LogP contribution in [0.3, 0.4) is 0 Å². The van der Waals surface area contributed by atoms with E-state index in [0.717, 1.165) is 25.7 Å². The van der Waals surface area contributed by atoms with Crippen LogP contribution in [0.5, 0.6) is 0 Å². The molecule has 1 saturated heterocycles. The number of hydroxylamine groups is 2. The molecule has 6 nitrogen and oxygen atoms in total. The van der Waals surface area contributed by atoms with Gasteiger partial charge in [-0.05, 0) is 37.8 Å². The molecule has 100 valence electrons. The summed E-state index contributed by atoms with van der Waals surface area (Å²) in [6, 6.07) is 5.62. The first-order valence-corrected chi connectivity index (χ1v) is 6.41. The van der Waals surface area contributed by atoms with Gasteiger partial charge in [-0.15, -0.1) is 0 Å². The van der Waals surface area contributed by atoms with Gasteiger partial charge in [0.1, 0.15) is 0 Å². The van der Waals surface area contributed by atoms with Crippen LogP contribution < -0.4 is 0 Å². The van der Waals surface area contributed by atoms with E-state index in [-0.39, 0.29) is 11.6 Å². The van der Waals surface area contributed by atoms with Crippen LogP contribution in [0.4, 0.5) is 5.69 Å². The molecule has 1 aliphatic carbocycles. The first-order chi connectivity index (χ1) is 9.12. The highest BCUT2D eigenvalue weighted by Crippen LogP contribution is 2.47. The number of benzene rings is 1. The van der Waals surface area contributed by atoms with Gasteiger partial charge in [0.05, 0.1) is 4.92 Å². The Labute approximate surface area is 110 Å². The van der Waals surface area contributed by atoms with Crippen LogP contribution in [0.2, 0.25) is 0 Å². The maximum atomic E-state index is 12.2. The fraction of sp³-hybridized carbons (Fsp3) is 0.462. The molecule has 0 N–H and O–H groups in total. The summed E-state index contributed by atoms with van der Waals surface area (Å²) in [5.41, 5.74) is 0.0144. The smallest absolute Gasteiger partial charge is 0.267 e. The van der Waals surface area contributed by atoms with Crippen LogP contribution >= 0.6 is 0 Å². The summed E-state index contributed by atoms with van der Waals surface area (Å²) in [5.74, 6) is -0.211. The molecule has 3 rings (SSSR count). The number of hydrogen-bond acceptors (Lipinski definition) is 4. The highest BCUT2D eigenvalue weighted by molar-refractivity contribution is 5.95. The summed E-state index contributed by atoms with van der Waals surface area (Å²) in [4.78, 5) is 27.8. The molecule has 1 aromatic carbocycles. The quantitative estimate of drug-likeness (QED) is 0.466. The van der Waals surface area contributed by atoms with Gasteiger partial charge in [-0.2, -0.15) is 5.06 Å². The largest absolute Gasteiger partial charge is 0.280 e. The van der Waals surface area contributed by atoms with E-state index in [1.807, 2.05) is 0 Å². The molecule has 1 amide bonds. The van der Waals surface area contributed by atoms with Gasteiger partial charge in [-0.25, -0.2) is 4.84 Å². The van der Waals surface area contributed by atoms with E-state index in [4.69, 9.17) is 4.84 Å². The fourth-order valence-electron chi connectivity index (χ4n) is 2.62. The number of non-ortho nitro benzene ring substituents is 1. The third kappa shape index (κ3) is 2.08. The molecule has 2 fully saturated rings. The van der Waals surface area contributed by atoms with Gasteiger partial charge in [0.2, 0.25) is 0 Å². The maximum absolute atomic E-state index is 12.2. The Balaban J connectivity index is 1.73. The standard InChI is InChI=1S/C13H14N2O4/c16-12(10-4-6-11(7-5-10)15(17)18)14-13(19-14)8-2-1-3-9-13/h4-7H,1-3,8-9H2. The van der Waals surface area contributed by atoms with Crippen molar-refractivity contribution in [1.82, 2.24) is 5.06 Å². The number of nitro benzene ring substituents is 1. The van der Waals surface area contributed by atoms with Gasteiger partial charge >= 0.3 is 0 Å². The van der Waals surface area contributed by atoms with Crippen molar-refractivity contribution in [1.29, 1.82) is 0 Å². The Morgan fingerprint density at radius 2 is 1.84 bits per heavy atom. The Morgan fingerprint density at radius 3 is 2.42 bits per heavy atom. The summed E-state index contributed by atoms with van der Waals surface area (Å²) in [5, 5.41) is 12.0. The predicted molar refractivity (Wildman–Crippen MR) is 66.2 cm³/mol. The van der Waals surface area contributed by atoms with Gasteiger partial charge in [-0.1, -0.05) is 6.42 Å². The molecule has 1 aliphatic heterocycles. The van der Waals surface area contributed by atoms with Gasteiger partial charge in [0, 0.05) is 17.7 Å². The molecule has 0 atom stereocenters. The molecule has 1 aromatic rings. The monoisotopic (exact) mass is 262 g/mol. The summed E-state index contributed by atoms with van der Waals surface area (Å²) in [6.07, 6.45) is 5.09. The molecular weight excluding hydrogens is 248 g/mol. The lowest BCUT2D eigenvalue weighted by Crippen LogP contribution is -2.26. The van der Waals surface area contributed by atoms with Crippen molar-refractivity contribution in [2.75, 3.05) is 0 Å². The van der Waals surface area contributed by atoms with Crippen LogP contribution in [0.15, 0.2) is 24.3 Å². The molecule has 1 spiro atoms. The van der Waals surface area contributed by atoms with Crippen LogP contribution in [0.1, 0.15) is 42.5 Å². The molecule has 0 unspecified atom stereocenters. The molecule has 2 aliphatic rings. The second kappa shape index (κ2) is 4.31. The number of nitro groups is 1. The number of hydrogen-bond donors (Lipinski definition) is 0. The minimum absolute atomic E-state index is 0.0179.